The number of benzene rings is 2. The van der Waals surface area contributed by atoms with Crippen molar-refractivity contribution in [3.8, 4) is 0 Å². The van der Waals surface area contributed by atoms with Crippen LogP contribution in [0.3, 0.4) is 0 Å². The predicted octanol–water partition coefficient (Wildman–Crippen LogP) is 4.71. The van der Waals surface area contributed by atoms with E-state index in [1.165, 1.54) is 5.56 Å². The SMILES string of the molecule is C=C(C)c1ccccc1.C=COC(=O)c1ccccc1. The van der Waals surface area contributed by atoms with Crippen LogP contribution >= 0.6 is 0 Å². The lowest BCUT2D eigenvalue weighted by Gasteiger charge is -1.96. The van der Waals surface area contributed by atoms with E-state index in [4.69, 9.17) is 0 Å². The van der Waals surface area contributed by atoms with Gasteiger partial charge in [-0.05, 0) is 24.6 Å². The van der Waals surface area contributed by atoms with Gasteiger partial charge in [-0.15, -0.1) is 0 Å². The third-order valence-corrected chi connectivity index (χ3v) is 2.47. The summed E-state index contributed by atoms with van der Waals surface area (Å²) in [5.74, 6) is -0.374. The van der Waals surface area contributed by atoms with Crippen LogP contribution in [0.4, 0.5) is 0 Å². The van der Waals surface area contributed by atoms with Crippen LogP contribution < -0.4 is 0 Å². The number of carbonyl (C=O) groups excluding carboxylic acids is 1. The molecular weight excluding hydrogens is 248 g/mol. The van der Waals surface area contributed by atoms with E-state index in [1.54, 1.807) is 24.3 Å². The minimum Gasteiger partial charge on any atom is -0.432 e. The summed E-state index contributed by atoms with van der Waals surface area (Å²) in [5.41, 5.74) is 2.88. The summed E-state index contributed by atoms with van der Waals surface area (Å²) in [7, 11) is 0. The van der Waals surface area contributed by atoms with Gasteiger partial charge in [0.25, 0.3) is 0 Å². The second-order valence-corrected chi connectivity index (χ2v) is 4.08. The molecular formula is C18H18O2. The van der Waals surface area contributed by atoms with Crippen molar-refractivity contribution in [1.29, 1.82) is 0 Å². The van der Waals surface area contributed by atoms with Gasteiger partial charge in [-0.2, -0.15) is 0 Å². The fourth-order valence-electron chi connectivity index (χ4n) is 1.44. The van der Waals surface area contributed by atoms with E-state index in [2.05, 4.69) is 30.0 Å². The average molecular weight is 266 g/mol. The number of rotatable bonds is 3. The fraction of sp³-hybridized carbons (Fsp3) is 0.0556. The topological polar surface area (TPSA) is 26.3 Å². The summed E-state index contributed by atoms with van der Waals surface area (Å²) in [6, 6.07) is 18.9. The average Bonchev–Trinajstić information content (AvgIpc) is 2.50. The normalized spacial score (nSPS) is 8.85. The van der Waals surface area contributed by atoms with E-state index in [0.717, 1.165) is 11.8 Å². The first kappa shape index (κ1) is 15.4. The van der Waals surface area contributed by atoms with Gasteiger partial charge in [0, 0.05) is 0 Å². The molecule has 0 bridgehead atoms. The number of carbonyl (C=O) groups is 1. The summed E-state index contributed by atoms with van der Waals surface area (Å²) < 4.78 is 4.55. The standard InChI is InChI=1S/C9H8O2.C9H10/c1-2-11-9(10)8-6-4-3-5-7-8;1-8(2)9-6-4-3-5-7-9/h2-7H,1H2;3-7H,1H2,2H3. The molecule has 0 N–H and O–H groups in total. The molecule has 0 aliphatic rings. The van der Waals surface area contributed by atoms with Gasteiger partial charge in [-0.3, -0.25) is 0 Å². The van der Waals surface area contributed by atoms with Crippen molar-refractivity contribution < 1.29 is 9.53 Å². The van der Waals surface area contributed by atoms with E-state index in [9.17, 15) is 4.79 Å². The van der Waals surface area contributed by atoms with Crippen LogP contribution in [0.2, 0.25) is 0 Å². The van der Waals surface area contributed by atoms with Gasteiger partial charge in [0.05, 0.1) is 11.8 Å². The summed E-state index contributed by atoms with van der Waals surface area (Å²) in [4.78, 5) is 11.0. The van der Waals surface area contributed by atoms with Gasteiger partial charge in [0.2, 0.25) is 0 Å². The van der Waals surface area contributed by atoms with Crippen molar-refractivity contribution >= 4 is 11.5 Å². The van der Waals surface area contributed by atoms with Crippen LogP contribution in [0.1, 0.15) is 22.8 Å². The number of ether oxygens (including phenoxy) is 1. The molecule has 2 aromatic rings. The van der Waals surface area contributed by atoms with Crippen molar-refractivity contribution in [2.75, 3.05) is 0 Å². The lowest BCUT2D eigenvalue weighted by atomic mass is 10.1. The third-order valence-electron chi connectivity index (χ3n) is 2.47. The molecule has 20 heavy (non-hydrogen) atoms. The maximum Gasteiger partial charge on any atom is 0.342 e. The fourth-order valence-corrected chi connectivity index (χ4v) is 1.44. The first-order valence-electron chi connectivity index (χ1n) is 6.23. The Morgan fingerprint density at radius 2 is 1.40 bits per heavy atom. The predicted molar refractivity (Wildman–Crippen MR) is 83.2 cm³/mol. The van der Waals surface area contributed by atoms with E-state index < -0.39 is 0 Å². The molecule has 2 rings (SSSR count). The minimum atomic E-state index is -0.374. The van der Waals surface area contributed by atoms with Gasteiger partial charge in [0.1, 0.15) is 0 Å². The van der Waals surface area contributed by atoms with Crippen molar-refractivity contribution in [3.05, 3.63) is 91.2 Å². The highest BCUT2D eigenvalue weighted by atomic mass is 16.5. The van der Waals surface area contributed by atoms with Crippen molar-refractivity contribution in [2.45, 2.75) is 6.92 Å². The molecule has 0 aliphatic heterocycles. The van der Waals surface area contributed by atoms with Gasteiger partial charge in [-0.1, -0.05) is 67.3 Å². The Morgan fingerprint density at radius 3 is 1.75 bits per heavy atom. The Labute approximate surface area is 120 Å². The highest BCUT2D eigenvalue weighted by molar-refractivity contribution is 5.89. The highest BCUT2D eigenvalue weighted by Gasteiger charge is 2.01. The largest absolute Gasteiger partial charge is 0.432 e. The maximum absolute atomic E-state index is 11.0. The summed E-state index contributed by atoms with van der Waals surface area (Å²) in [6.45, 7) is 9.12. The molecule has 0 radical (unpaired) electrons. The molecule has 0 atom stereocenters. The molecule has 0 unspecified atom stereocenters. The number of hydrogen-bond donors (Lipinski definition) is 0. The lowest BCUT2D eigenvalue weighted by Crippen LogP contribution is -1.98. The molecule has 0 aromatic heterocycles. The molecule has 0 amide bonds. The number of esters is 1. The second-order valence-electron chi connectivity index (χ2n) is 4.08. The Kier molecular flexibility index (Phi) is 6.55. The second kappa shape index (κ2) is 8.48. The van der Waals surface area contributed by atoms with Crippen LogP contribution in [-0.4, -0.2) is 5.97 Å². The summed E-state index contributed by atoms with van der Waals surface area (Å²) in [6.07, 6.45) is 1.12. The monoisotopic (exact) mass is 266 g/mol. The molecule has 2 nitrogen and oxygen atoms in total. The van der Waals surface area contributed by atoms with Crippen molar-refractivity contribution in [1.82, 2.24) is 0 Å². The van der Waals surface area contributed by atoms with Gasteiger partial charge < -0.3 is 4.74 Å². The minimum absolute atomic E-state index is 0.374. The quantitative estimate of drug-likeness (QED) is 0.594. The van der Waals surface area contributed by atoms with E-state index >= 15 is 0 Å². The molecule has 102 valence electrons. The van der Waals surface area contributed by atoms with E-state index in [-0.39, 0.29) is 5.97 Å². The Bertz CT molecular complexity index is 556. The Morgan fingerprint density at radius 1 is 0.950 bits per heavy atom. The summed E-state index contributed by atoms with van der Waals surface area (Å²) in [5, 5.41) is 0. The van der Waals surface area contributed by atoms with Crippen molar-refractivity contribution in [3.63, 3.8) is 0 Å². The zero-order valence-electron chi connectivity index (χ0n) is 11.6. The number of hydrogen-bond acceptors (Lipinski definition) is 2. The number of allylic oxidation sites excluding steroid dienone is 1. The van der Waals surface area contributed by atoms with Crippen LogP contribution in [-0.2, 0) is 4.74 Å². The molecule has 0 spiro atoms. The molecule has 0 saturated carbocycles. The first-order chi connectivity index (χ1) is 9.65. The zero-order chi connectivity index (χ0) is 14.8. The molecule has 2 aromatic carbocycles. The van der Waals surface area contributed by atoms with Crippen LogP contribution in [0.15, 0.2) is 80.1 Å². The van der Waals surface area contributed by atoms with E-state index in [1.807, 2.05) is 31.2 Å². The highest BCUT2D eigenvalue weighted by Crippen LogP contribution is 2.08. The molecule has 2 heteroatoms. The third kappa shape index (κ3) is 5.36. The van der Waals surface area contributed by atoms with Crippen LogP contribution in [0.5, 0.6) is 0 Å². The maximum atomic E-state index is 11.0. The van der Waals surface area contributed by atoms with Gasteiger partial charge in [0.15, 0.2) is 0 Å². The van der Waals surface area contributed by atoms with Crippen LogP contribution in [0.25, 0.3) is 5.57 Å². The molecule has 0 heterocycles. The van der Waals surface area contributed by atoms with Gasteiger partial charge in [-0.25, -0.2) is 4.79 Å². The molecule has 0 aliphatic carbocycles. The Balaban J connectivity index is 0.000000204. The summed E-state index contributed by atoms with van der Waals surface area (Å²) >= 11 is 0. The smallest absolute Gasteiger partial charge is 0.342 e. The van der Waals surface area contributed by atoms with Crippen LogP contribution in [0, 0.1) is 0 Å². The van der Waals surface area contributed by atoms with Gasteiger partial charge >= 0.3 is 5.97 Å². The first-order valence-corrected chi connectivity index (χ1v) is 6.23. The molecule has 0 saturated heterocycles. The molecule has 0 fully saturated rings. The van der Waals surface area contributed by atoms with Crippen molar-refractivity contribution in [2.24, 2.45) is 0 Å². The van der Waals surface area contributed by atoms with E-state index in [0.29, 0.717) is 5.56 Å². The Hall–Kier alpha value is -2.61. The lowest BCUT2D eigenvalue weighted by molar-refractivity contribution is 0.0664. The zero-order valence-corrected chi connectivity index (χ0v) is 11.6.